The molecule has 1 aromatic carbocycles. The molecule has 0 aliphatic rings. The van der Waals surface area contributed by atoms with E-state index < -0.39 is 39.4 Å². The van der Waals surface area contributed by atoms with Gasteiger partial charge in [0, 0.05) is 17.4 Å². The summed E-state index contributed by atoms with van der Waals surface area (Å²) in [5.41, 5.74) is -2.54. The molecular formula is C19H15F3N4O5S. The third-order valence-electron chi connectivity index (χ3n) is 3.88. The molecule has 0 radical (unpaired) electrons. The average molecular weight is 468 g/mol. The Balaban J connectivity index is 2.09. The van der Waals surface area contributed by atoms with Gasteiger partial charge in [0.2, 0.25) is 15.9 Å². The van der Waals surface area contributed by atoms with Crippen LogP contribution in [-0.4, -0.2) is 40.7 Å². The minimum absolute atomic E-state index is 0.156. The minimum Gasteiger partial charge on any atom is -0.476 e. The van der Waals surface area contributed by atoms with Crippen molar-refractivity contribution >= 4 is 21.7 Å². The maximum absolute atomic E-state index is 13.4. The van der Waals surface area contributed by atoms with Gasteiger partial charge in [-0.05, 0) is 24.3 Å². The Morgan fingerprint density at radius 1 is 1.12 bits per heavy atom. The highest BCUT2D eigenvalue weighted by atomic mass is 32.2. The highest BCUT2D eigenvalue weighted by Gasteiger charge is 2.40. The van der Waals surface area contributed by atoms with Gasteiger partial charge in [0.25, 0.3) is 0 Å². The molecule has 2 N–H and O–H groups in total. The third-order valence-corrected chi connectivity index (χ3v) is 4.49. The zero-order valence-corrected chi connectivity index (χ0v) is 17.1. The largest absolute Gasteiger partial charge is 0.476 e. The SMILES string of the molecule is CS(=O)(=O)Nc1ccc(-c2nc(C(=O)O)c(C(F)(F)F)nc2OCc2ccccn2)cc1. The smallest absolute Gasteiger partial charge is 0.435 e. The molecule has 0 amide bonds. The summed E-state index contributed by atoms with van der Waals surface area (Å²) in [6.07, 6.45) is -2.68. The monoisotopic (exact) mass is 468 g/mol. The third kappa shape index (κ3) is 5.69. The Hall–Kier alpha value is -3.74. The first-order valence-corrected chi connectivity index (χ1v) is 10.7. The zero-order valence-electron chi connectivity index (χ0n) is 16.3. The fourth-order valence-corrected chi connectivity index (χ4v) is 3.16. The van der Waals surface area contributed by atoms with Gasteiger partial charge in [0.15, 0.2) is 11.4 Å². The van der Waals surface area contributed by atoms with Crippen molar-refractivity contribution in [3.63, 3.8) is 0 Å². The molecule has 0 bridgehead atoms. The fourth-order valence-electron chi connectivity index (χ4n) is 2.59. The maximum atomic E-state index is 13.4. The number of carbonyl (C=O) groups is 1. The van der Waals surface area contributed by atoms with E-state index in [1.54, 1.807) is 18.2 Å². The van der Waals surface area contributed by atoms with Crippen LogP contribution in [0.5, 0.6) is 5.88 Å². The molecule has 0 saturated heterocycles. The molecule has 0 fully saturated rings. The van der Waals surface area contributed by atoms with E-state index in [9.17, 15) is 31.5 Å². The predicted molar refractivity (Wildman–Crippen MR) is 106 cm³/mol. The van der Waals surface area contributed by atoms with Gasteiger partial charge in [-0.1, -0.05) is 18.2 Å². The van der Waals surface area contributed by atoms with E-state index >= 15 is 0 Å². The lowest BCUT2D eigenvalue weighted by atomic mass is 10.1. The first-order valence-electron chi connectivity index (χ1n) is 8.77. The number of carboxylic acid groups (broad SMARTS) is 1. The van der Waals surface area contributed by atoms with E-state index in [2.05, 4.69) is 19.7 Å². The molecule has 0 aliphatic heterocycles. The first kappa shape index (κ1) is 22.9. The molecule has 13 heteroatoms. The molecule has 3 aromatic rings. The fraction of sp³-hybridized carbons (Fsp3) is 0.158. The number of anilines is 1. The van der Waals surface area contributed by atoms with Gasteiger partial charge >= 0.3 is 12.1 Å². The summed E-state index contributed by atoms with van der Waals surface area (Å²) in [6, 6.07) is 10.2. The Morgan fingerprint density at radius 3 is 2.34 bits per heavy atom. The number of alkyl halides is 3. The Labute approximate surface area is 180 Å². The molecule has 0 aliphatic carbocycles. The van der Waals surface area contributed by atoms with Crippen molar-refractivity contribution < 1.29 is 36.2 Å². The van der Waals surface area contributed by atoms with Crippen LogP contribution in [-0.2, 0) is 22.8 Å². The number of sulfonamides is 1. The molecular weight excluding hydrogens is 453 g/mol. The quantitative estimate of drug-likeness (QED) is 0.540. The highest BCUT2D eigenvalue weighted by molar-refractivity contribution is 7.92. The zero-order chi connectivity index (χ0) is 23.5. The van der Waals surface area contributed by atoms with Crippen molar-refractivity contribution in [3.05, 3.63) is 65.7 Å². The summed E-state index contributed by atoms with van der Waals surface area (Å²) < 4.78 is 70.5. The number of hydrogen-bond donors (Lipinski definition) is 2. The molecule has 32 heavy (non-hydrogen) atoms. The van der Waals surface area contributed by atoms with E-state index in [0.29, 0.717) is 5.69 Å². The topological polar surface area (TPSA) is 131 Å². The van der Waals surface area contributed by atoms with E-state index in [1.807, 2.05) is 0 Å². The van der Waals surface area contributed by atoms with Gasteiger partial charge in [-0.25, -0.2) is 23.2 Å². The number of aromatic nitrogens is 3. The van der Waals surface area contributed by atoms with E-state index in [1.165, 1.54) is 30.5 Å². The molecule has 0 unspecified atom stereocenters. The lowest BCUT2D eigenvalue weighted by Crippen LogP contribution is -2.19. The van der Waals surface area contributed by atoms with Crippen molar-refractivity contribution in [1.29, 1.82) is 0 Å². The van der Waals surface area contributed by atoms with Gasteiger partial charge in [0.1, 0.15) is 12.3 Å². The summed E-state index contributed by atoms with van der Waals surface area (Å²) in [6.45, 7) is -0.250. The van der Waals surface area contributed by atoms with Crippen molar-refractivity contribution in [3.8, 4) is 17.1 Å². The molecule has 0 atom stereocenters. The van der Waals surface area contributed by atoms with Gasteiger partial charge < -0.3 is 9.84 Å². The van der Waals surface area contributed by atoms with Crippen molar-refractivity contribution in [2.45, 2.75) is 12.8 Å². The van der Waals surface area contributed by atoms with Crippen molar-refractivity contribution in [2.75, 3.05) is 11.0 Å². The number of aromatic carboxylic acids is 1. The first-order chi connectivity index (χ1) is 14.9. The van der Waals surface area contributed by atoms with Crippen LogP contribution in [0.15, 0.2) is 48.7 Å². The number of carboxylic acids is 1. The summed E-state index contributed by atoms with van der Waals surface area (Å²) in [7, 11) is -3.55. The normalized spacial score (nSPS) is 11.8. The lowest BCUT2D eigenvalue weighted by Gasteiger charge is -2.15. The number of halogens is 3. The number of nitrogens with zero attached hydrogens (tertiary/aromatic N) is 3. The second-order valence-corrected chi connectivity index (χ2v) is 8.19. The molecule has 2 aromatic heterocycles. The van der Waals surface area contributed by atoms with E-state index in [-0.39, 0.29) is 23.6 Å². The van der Waals surface area contributed by atoms with Crippen LogP contribution in [0.3, 0.4) is 0 Å². The Bertz CT molecular complexity index is 1230. The number of pyridine rings is 1. The molecule has 3 rings (SSSR count). The summed E-state index contributed by atoms with van der Waals surface area (Å²) in [4.78, 5) is 22.5. The van der Waals surface area contributed by atoms with Crippen LogP contribution in [0, 0.1) is 0 Å². The Kier molecular flexibility index (Phi) is 6.30. The highest BCUT2D eigenvalue weighted by Crippen LogP contribution is 2.35. The molecule has 2 heterocycles. The molecule has 9 nitrogen and oxygen atoms in total. The molecule has 168 valence electrons. The second kappa shape index (κ2) is 8.78. The van der Waals surface area contributed by atoms with Gasteiger partial charge in [-0.2, -0.15) is 13.2 Å². The standard InChI is InChI=1S/C19H15F3N4O5S/c1-32(29,30)26-12-7-5-11(6-8-12)14-17(31-10-13-4-2-3-9-23-13)25-16(19(20,21)22)15(24-14)18(27)28/h2-9,26H,10H2,1H3,(H,27,28). The second-order valence-electron chi connectivity index (χ2n) is 6.44. The molecule has 0 spiro atoms. The van der Waals surface area contributed by atoms with Crippen LogP contribution >= 0.6 is 0 Å². The number of nitrogens with one attached hydrogen (secondary N) is 1. The van der Waals surface area contributed by atoms with Crippen molar-refractivity contribution in [1.82, 2.24) is 15.0 Å². The maximum Gasteiger partial charge on any atom is 0.435 e. The van der Waals surface area contributed by atoms with E-state index in [4.69, 9.17) is 4.74 Å². The van der Waals surface area contributed by atoms with Gasteiger partial charge in [0.05, 0.1) is 11.9 Å². The van der Waals surface area contributed by atoms with Crippen LogP contribution < -0.4 is 9.46 Å². The van der Waals surface area contributed by atoms with Crippen LogP contribution in [0.4, 0.5) is 18.9 Å². The van der Waals surface area contributed by atoms with Gasteiger partial charge in [-0.15, -0.1) is 0 Å². The van der Waals surface area contributed by atoms with E-state index in [0.717, 1.165) is 6.26 Å². The summed E-state index contributed by atoms with van der Waals surface area (Å²) in [5.74, 6) is -2.48. The Morgan fingerprint density at radius 2 is 1.81 bits per heavy atom. The number of benzene rings is 1. The average Bonchev–Trinajstić information content (AvgIpc) is 2.71. The van der Waals surface area contributed by atoms with Crippen LogP contribution in [0.25, 0.3) is 11.3 Å². The number of ether oxygens (including phenoxy) is 1. The number of rotatable bonds is 7. The van der Waals surface area contributed by atoms with Gasteiger partial charge in [-0.3, -0.25) is 9.71 Å². The summed E-state index contributed by atoms with van der Waals surface area (Å²) in [5, 5.41) is 9.24. The number of hydrogen-bond acceptors (Lipinski definition) is 7. The van der Waals surface area contributed by atoms with Crippen LogP contribution in [0.2, 0.25) is 0 Å². The van der Waals surface area contributed by atoms with Crippen molar-refractivity contribution in [2.24, 2.45) is 0 Å². The van der Waals surface area contributed by atoms with Crippen LogP contribution in [0.1, 0.15) is 21.9 Å². The predicted octanol–water partition coefficient (Wildman–Crippen LogP) is 3.21. The lowest BCUT2D eigenvalue weighted by molar-refractivity contribution is -0.142. The summed E-state index contributed by atoms with van der Waals surface area (Å²) >= 11 is 0. The molecule has 0 saturated carbocycles. The minimum atomic E-state index is -5.09.